The van der Waals surface area contributed by atoms with Gasteiger partial charge in [-0.1, -0.05) is 37.3 Å². The van der Waals surface area contributed by atoms with Gasteiger partial charge in [0.25, 0.3) is 10.0 Å². The van der Waals surface area contributed by atoms with Gasteiger partial charge in [-0.05, 0) is 73.3 Å². The van der Waals surface area contributed by atoms with E-state index in [2.05, 4.69) is 22.8 Å². The van der Waals surface area contributed by atoms with E-state index in [1.807, 2.05) is 6.07 Å². The van der Waals surface area contributed by atoms with Crippen LogP contribution in [0, 0.1) is 17.2 Å². The molecule has 0 radical (unpaired) electrons. The summed E-state index contributed by atoms with van der Waals surface area (Å²) in [6.07, 6.45) is 2.00. The smallest absolute Gasteiger partial charge is 0.344 e. The van der Waals surface area contributed by atoms with Crippen molar-refractivity contribution in [3.05, 3.63) is 94.4 Å². The van der Waals surface area contributed by atoms with Crippen molar-refractivity contribution in [3.8, 4) is 11.8 Å². The highest BCUT2D eigenvalue weighted by Gasteiger charge is 2.37. The number of nitriles is 1. The van der Waals surface area contributed by atoms with Crippen molar-refractivity contribution in [1.29, 1.82) is 5.26 Å². The van der Waals surface area contributed by atoms with Gasteiger partial charge in [-0.3, -0.25) is 9.36 Å². The van der Waals surface area contributed by atoms with Gasteiger partial charge in [-0.25, -0.2) is 13.2 Å². The Labute approximate surface area is 275 Å². The van der Waals surface area contributed by atoms with Gasteiger partial charge < -0.3 is 19.4 Å². The molecule has 2 aliphatic heterocycles. The highest BCUT2D eigenvalue weighted by Crippen LogP contribution is 2.30. The molecule has 2 aliphatic rings. The standard InChI is InChI=1S/C35H40N6O5S/c1-3-16-37-18-20-38(21-19-37)24-27-15-17-39(25-27)34(42)33(28-7-5-4-6-8-28)40-32-22-26(23-36)9-14-31(32)41(35(40)43)47(44,45)30-12-10-29(46-2)11-13-30/h4-14,22,27,33H,3,15-21,24-25H2,1-2H3/t27-,33?/m0/s1. The molecular formula is C35H40N6O5S. The summed E-state index contributed by atoms with van der Waals surface area (Å²) in [5, 5.41) is 9.74. The fourth-order valence-electron chi connectivity index (χ4n) is 6.87. The van der Waals surface area contributed by atoms with Crippen LogP contribution in [0.2, 0.25) is 0 Å². The molecule has 246 valence electrons. The largest absolute Gasteiger partial charge is 0.497 e. The molecule has 0 bridgehead atoms. The maximum Gasteiger partial charge on any atom is 0.344 e. The third-order valence-electron chi connectivity index (χ3n) is 9.29. The molecule has 3 aromatic carbocycles. The molecule has 47 heavy (non-hydrogen) atoms. The number of carbonyl (C=O) groups excluding carboxylic acids is 1. The van der Waals surface area contributed by atoms with Crippen LogP contribution in [0.25, 0.3) is 11.0 Å². The lowest BCUT2D eigenvalue weighted by atomic mass is 10.0. The van der Waals surface area contributed by atoms with Crippen molar-refractivity contribution < 1.29 is 17.9 Å². The first kappa shape index (κ1) is 32.5. The Bertz CT molecular complexity index is 1940. The maximum absolute atomic E-state index is 14.6. The Morgan fingerprint density at radius 2 is 1.66 bits per heavy atom. The number of piperazine rings is 1. The zero-order chi connectivity index (χ0) is 33.1. The van der Waals surface area contributed by atoms with Gasteiger partial charge in [-0.15, -0.1) is 0 Å². The first-order valence-corrected chi connectivity index (χ1v) is 17.5. The Morgan fingerprint density at radius 3 is 2.32 bits per heavy atom. The average molecular weight is 657 g/mol. The second kappa shape index (κ2) is 13.7. The number of likely N-dealkylation sites (tertiary alicyclic amines) is 1. The molecule has 1 aromatic heterocycles. The fraction of sp³-hybridized carbons (Fsp3) is 0.400. The van der Waals surface area contributed by atoms with Gasteiger partial charge in [0.05, 0.1) is 34.7 Å². The number of carbonyl (C=O) groups is 1. The zero-order valence-corrected chi connectivity index (χ0v) is 27.6. The quantitative estimate of drug-likeness (QED) is 0.255. The number of rotatable bonds is 10. The summed E-state index contributed by atoms with van der Waals surface area (Å²) in [5.41, 5.74) is 0.186. The van der Waals surface area contributed by atoms with E-state index >= 15 is 0 Å². The zero-order valence-electron chi connectivity index (χ0n) is 26.8. The van der Waals surface area contributed by atoms with Crippen LogP contribution in [0.15, 0.2) is 82.5 Å². The van der Waals surface area contributed by atoms with E-state index in [4.69, 9.17) is 4.74 Å². The van der Waals surface area contributed by atoms with Crippen LogP contribution in [0.5, 0.6) is 5.75 Å². The lowest BCUT2D eigenvalue weighted by Gasteiger charge is -2.35. The predicted octanol–water partition coefficient (Wildman–Crippen LogP) is 3.39. The van der Waals surface area contributed by atoms with E-state index in [-0.39, 0.29) is 27.4 Å². The number of hydrogen-bond donors (Lipinski definition) is 0. The minimum Gasteiger partial charge on any atom is -0.497 e. The molecule has 4 aromatic rings. The van der Waals surface area contributed by atoms with Crippen molar-refractivity contribution in [2.75, 3.05) is 59.5 Å². The number of benzene rings is 3. The van der Waals surface area contributed by atoms with Crippen molar-refractivity contribution in [2.45, 2.75) is 30.7 Å². The van der Waals surface area contributed by atoms with Crippen LogP contribution in [0.1, 0.15) is 36.9 Å². The number of aromatic nitrogens is 2. The minimum atomic E-state index is -4.40. The summed E-state index contributed by atoms with van der Waals surface area (Å²) in [7, 11) is -2.92. The first-order chi connectivity index (χ1) is 22.7. The van der Waals surface area contributed by atoms with E-state index in [0.29, 0.717) is 30.3 Å². The number of nitrogens with zero attached hydrogens (tertiary/aromatic N) is 6. The number of fused-ring (bicyclic) bond motifs is 1. The molecule has 12 heteroatoms. The monoisotopic (exact) mass is 656 g/mol. The van der Waals surface area contributed by atoms with Crippen LogP contribution in [-0.2, 0) is 14.8 Å². The van der Waals surface area contributed by atoms with Crippen LogP contribution in [0.4, 0.5) is 0 Å². The van der Waals surface area contributed by atoms with Gasteiger partial charge in [0.15, 0.2) is 0 Å². The van der Waals surface area contributed by atoms with E-state index in [1.165, 1.54) is 54.1 Å². The second-order valence-corrected chi connectivity index (χ2v) is 14.1. The van der Waals surface area contributed by atoms with Crippen LogP contribution in [-0.4, -0.2) is 97.0 Å². The molecular weight excluding hydrogens is 616 g/mol. The molecule has 0 spiro atoms. The highest BCUT2D eigenvalue weighted by molar-refractivity contribution is 7.90. The Kier molecular flexibility index (Phi) is 9.50. The fourth-order valence-corrected chi connectivity index (χ4v) is 8.26. The number of methoxy groups -OCH3 is 1. The van der Waals surface area contributed by atoms with Gasteiger partial charge >= 0.3 is 5.69 Å². The summed E-state index contributed by atoms with van der Waals surface area (Å²) >= 11 is 0. The molecule has 1 unspecified atom stereocenters. The Hall–Kier alpha value is -4.44. The summed E-state index contributed by atoms with van der Waals surface area (Å²) in [6, 6.07) is 20.1. The van der Waals surface area contributed by atoms with Gasteiger partial charge in [0, 0.05) is 45.8 Å². The molecule has 2 atom stereocenters. The van der Waals surface area contributed by atoms with Gasteiger partial charge in [-0.2, -0.15) is 9.23 Å². The average Bonchev–Trinajstić information content (AvgIpc) is 3.68. The van der Waals surface area contributed by atoms with Crippen molar-refractivity contribution in [1.82, 2.24) is 23.2 Å². The third-order valence-corrected chi connectivity index (χ3v) is 11.0. The van der Waals surface area contributed by atoms with Gasteiger partial charge in [0.2, 0.25) is 5.91 Å². The lowest BCUT2D eigenvalue weighted by Crippen LogP contribution is -2.48. The maximum atomic E-state index is 14.6. The van der Waals surface area contributed by atoms with Gasteiger partial charge in [0.1, 0.15) is 11.8 Å². The summed E-state index contributed by atoms with van der Waals surface area (Å²) in [5.74, 6) is 0.485. The number of imidazole rings is 1. The van der Waals surface area contributed by atoms with E-state index in [9.17, 15) is 23.3 Å². The van der Waals surface area contributed by atoms with Crippen LogP contribution in [0.3, 0.4) is 0 Å². The number of amides is 1. The van der Waals surface area contributed by atoms with Crippen LogP contribution >= 0.6 is 0 Å². The third kappa shape index (κ3) is 6.43. The topological polar surface area (TPSA) is 121 Å². The lowest BCUT2D eigenvalue weighted by molar-refractivity contribution is -0.132. The highest BCUT2D eigenvalue weighted by atomic mass is 32.2. The normalized spacial score (nSPS) is 18.3. The number of hydrogen-bond acceptors (Lipinski definition) is 8. The van der Waals surface area contributed by atoms with Crippen LogP contribution < -0.4 is 10.4 Å². The Morgan fingerprint density at radius 1 is 0.957 bits per heavy atom. The molecule has 2 fully saturated rings. The van der Waals surface area contributed by atoms with E-state index in [0.717, 1.165) is 56.1 Å². The minimum absolute atomic E-state index is 0.0834. The van der Waals surface area contributed by atoms with Crippen molar-refractivity contribution in [2.24, 2.45) is 5.92 Å². The summed E-state index contributed by atoms with van der Waals surface area (Å²) < 4.78 is 35.3. The molecule has 11 nitrogen and oxygen atoms in total. The van der Waals surface area contributed by atoms with Crippen molar-refractivity contribution in [3.63, 3.8) is 0 Å². The van der Waals surface area contributed by atoms with E-state index < -0.39 is 21.8 Å². The van der Waals surface area contributed by atoms with Crippen molar-refractivity contribution >= 4 is 27.0 Å². The SMILES string of the molecule is CCCN1CCN(C[C@@H]2CCN(C(=O)C(c3ccccc3)n3c(=O)n(S(=O)(=O)c4ccc(OC)cc4)c4ccc(C#N)cc43)C2)CC1. The van der Waals surface area contributed by atoms with E-state index in [1.54, 1.807) is 29.2 Å². The molecule has 6 rings (SSSR count). The first-order valence-electron chi connectivity index (χ1n) is 16.1. The predicted molar refractivity (Wildman–Crippen MR) is 179 cm³/mol. The molecule has 0 saturated carbocycles. The Balaban J connectivity index is 1.38. The molecule has 1 amide bonds. The number of ether oxygens (including phenoxy) is 1. The second-order valence-electron chi connectivity index (χ2n) is 12.3. The summed E-state index contributed by atoms with van der Waals surface area (Å²) in [6.45, 7) is 9.45. The molecule has 0 N–H and O–H groups in total. The molecule has 0 aliphatic carbocycles. The summed E-state index contributed by atoms with van der Waals surface area (Å²) in [4.78, 5) is 35.6. The molecule has 3 heterocycles. The molecule has 2 saturated heterocycles.